The quantitative estimate of drug-likeness (QED) is 0.604. The van der Waals surface area contributed by atoms with Crippen molar-refractivity contribution in [3.8, 4) is 0 Å². The minimum Gasteiger partial charge on any atom is -0.378 e. The molecule has 0 saturated heterocycles. The number of hydrogen-bond acceptors (Lipinski definition) is 4. The van der Waals surface area contributed by atoms with Crippen LogP contribution in [0.5, 0.6) is 0 Å². The zero-order valence-electron chi connectivity index (χ0n) is 9.78. The van der Waals surface area contributed by atoms with E-state index in [1.807, 2.05) is 19.9 Å². The molecule has 0 saturated carbocycles. The van der Waals surface area contributed by atoms with Crippen molar-refractivity contribution in [2.45, 2.75) is 26.3 Å². The van der Waals surface area contributed by atoms with Crippen LogP contribution in [0.4, 0.5) is 11.4 Å². The lowest BCUT2D eigenvalue weighted by Crippen LogP contribution is -2.39. The molecule has 1 rings (SSSR count). The lowest BCUT2D eigenvalue weighted by atomic mass is 10.0. The van der Waals surface area contributed by atoms with Crippen molar-refractivity contribution >= 4 is 11.4 Å². The third-order valence-corrected chi connectivity index (χ3v) is 2.49. The fourth-order valence-corrected chi connectivity index (χ4v) is 1.37. The van der Waals surface area contributed by atoms with E-state index in [1.54, 1.807) is 13.0 Å². The maximum Gasteiger partial charge on any atom is 0.274 e. The molecule has 0 bridgehead atoms. The van der Waals surface area contributed by atoms with Gasteiger partial charge in [0.1, 0.15) is 0 Å². The maximum absolute atomic E-state index is 10.8. The van der Waals surface area contributed by atoms with Crippen molar-refractivity contribution in [3.63, 3.8) is 0 Å². The molecule has 1 aromatic carbocycles. The molecule has 0 aliphatic heterocycles. The van der Waals surface area contributed by atoms with Crippen LogP contribution in [-0.2, 0) is 0 Å². The normalized spacial score (nSPS) is 11.2. The van der Waals surface area contributed by atoms with Gasteiger partial charge in [-0.1, -0.05) is 6.07 Å². The monoisotopic (exact) mass is 223 g/mol. The second kappa shape index (κ2) is 4.49. The molecular weight excluding hydrogens is 206 g/mol. The van der Waals surface area contributed by atoms with Crippen LogP contribution in [0.15, 0.2) is 18.2 Å². The van der Waals surface area contributed by atoms with Crippen LogP contribution in [0, 0.1) is 17.0 Å². The van der Waals surface area contributed by atoms with Crippen LogP contribution in [-0.4, -0.2) is 17.0 Å². The third kappa shape index (κ3) is 2.70. The van der Waals surface area contributed by atoms with Gasteiger partial charge in [0.25, 0.3) is 5.69 Å². The summed E-state index contributed by atoms with van der Waals surface area (Å²) in [7, 11) is 0. The Labute approximate surface area is 94.8 Å². The van der Waals surface area contributed by atoms with Crippen LogP contribution in [0.25, 0.3) is 0 Å². The van der Waals surface area contributed by atoms with Crippen LogP contribution in [0.3, 0.4) is 0 Å². The van der Waals surface area contributed by atoms with Gasteiger partial charge in [0.15, 0.2) is 0 Å². The molecule has 0 aliphatic rings. The molecule has 0 fully saturated rings. The Morgan fingerprint density at radius 3 is 2.62 bits per heavy atom. The SMILES string of the molecule is Cc1c(NC(C)(C)CN)cccc1[N+](=O)[O-]. The average Bonchev–Trinajstić information content (AvgIpc) is 2.20. The molecule has 5 heteroatoms. The Morgan fingerprint density at radius 1 is 1.50 bits per heavy atom. The molecule has 0 heterocycles. The molecule has 1 aromatic rings. The van der Waals surface area contributed by atoms with Gasteiger partial charge >= 0.3 is 0 Å². The highest BCUT2D eigenvalue weighted by Gasteiger charge is 2.19. The van der Waals surface area contributed by atoms with Gasteiger partial charge in [-0.05, 0) is 26.8 Å². The van der Waals surface area contributed by atoms with E-state index in [-0.39, 0.29) is 16.1 Å². The Balaban J connectivity index is 3.07. The zero-order valence-corrected chi connectivity index (χ0v) is 9.78. The minimum atomic E-state index is -0.379. The summed E-state index contributed by atoms with van der Waals surface area (Å²) in [6.45, 7) is 6.08. The first-order valence-corrected chi connectivity index (χ1v) is 5.09. The van der Waals surface area contributed by atoms with Gasteiger partial charge < -0.3 is 11.1 Å². The van der Waals surface area contributed by atoms with Gasteiger partial charge in [0, 0.05) is 29.4 Å². The summed E-state index contributed by atoms with van der Waals surface area (Å²) in [5.74, 6) is 0. The highest BCUT2D eigenvalue weighted by molar-refractivity contribution is 5.60. The van der Waals surface area contributed by atoms with E-state index >= 15 is 0 Å². The number of rotatable bonds is 4. The fraction of sp³-hybridized carbons (Fsp3) is 0.455. The number of nitro benzene ring substituents is 1. The lowest BCUT2D eigenvalue weighted by molar-refractivity contribution is -0.385. The molecule has 0 spiro atoms. The standard InChI is InChI=1S/C11H17N3O2/c1-8-9(13-11(2,3)7-12)5-4-6-10(8)14(15)16/h4-6,13H,7,12H2,1-3H3. The number of benzene rings is 1. The Hall–Kier alpha value is -1.62. The molecule has 0 aromatic heterocycles. The Bertz CT molecular complexity index is 402. The van der Waals surface area contributed by atoms with E-state index in [0.29, 0.717) is 12.1 Å². The van der Waals surface area contributed by atoms with E-state index < -0.39 is 0 Å². The molecular formula is C11H17N3O2. The number of nitrogens with two attached hydrogens (primary N) is 1. The molecule has 88 valence electrons. The number of hydrogen-bond donors (Lipinski definition) is 2. The highest BCUT2D eigenvalue weighted by atomic mass is 16.6. The molecule has 0 unspecified atom stereocenters. The van der Waals surface area contributed by atoms with Gasteiger partial charge in [-0.2, -0.15) is 0 Å². The Morgan fingerprint density at radius 2 is 2.12 bits per heavy atom. The van der Waals surface area contributed by atoms with E-state index in [1.165, 1.54) is 6.07 Å². The topological polar surface area (TPSA) is 81.2 Å². The van der Waals surface area contributed by atoms with Crippen molar-refractivity contribution in [1.29, 1.82) is 0 Å². The summed E-state index contributed by atoms with van der Waals surface area (Å²) in [4.78, 5) is 10.4. The van der Waals surface area contributed by atoms with E-state index in [2.05, 4.69) is 5.32 Å². The van der Waals surface area contributed by atoms with Gasteiger partial charge in [-0.15, -0.1) is 0 Å². The Kier molecular flexibility index (Phi) is 3.49. The van der Waals surface area contributed by atoms with E-state index in [9.17, 15) is 10.1 Å². The summed E-state index contributed by atoms with van der Waals surface area (Å²) < 4.78 is 0. The van der Waals surface area contributed by atoms with E-state index in [0.717, 1.165) is 5.69 Å². The van der Waals surface area contributed by atoms with Gasteiger partial charge in [0.2, 0.25) is 0 Å². The van der Waals surface area contributed by atoms with Crippen molar-refractivity contribution in [3.05, 3.63) is 33.9 Å². The maximum atomic E-state index is 10.8. The highest BCUT2D eigenvalue weighted by Crippen LogP contribution is 2.26. The van der Waals surface area contributed by atoms with Crippen LogP contribution in [0.1, 0.15) is 19.4 Å². The van der Waals surface area contributed by atoms with Crippen molar-refractivity contribution in [2.24, 2.45) is 5.73 Å². The zero-order chi connectivity index (χ0) is 12.3. The molecule has 5 nitrogen and oxygen atoms in total. The van der Waals surface area contributed by atoms with Gasteiger partial charge in [-0.25, -0.2) is 0 Å². The first-order chi connectivity index (χ1) is 7.37. The number of nitrogens with one attached hydrogen (secondary N) is 1. The molecule has 0 amide bonds. The largest absolute Gasteiger partial charge is 0.378 e. The summed E-state index contributed by atoms with van der Waals surface area (Å²) in [6, 6.07) is 4.98. The third-order valence-electron chi connectivity index (χ3n) is 2.49. The number of anilines is 1. The van der Waals surface area contributed by atoms with Crippen molar-refractivity contribution in [2.75, 3.05) is 11.9 Å². The first kappa shape index (κ1) is 12.4. The predicted octanol–water partition coefficient (Wildman–Crippen LogP) is 2.05. The van der Waals surface area contributed by atoms with E-state index in [4.69, 9.17) is 5.73 Å². The van der Waals surface area contributed by atoms with Crippen molar-refractivity contribution in [1.82, 2.24) is 0 Å². The van der Waals surface area contributed by atoms with Gasteiger partial charge in [0.05, 0.1) is 4.92 Å². The molecule has 3 N–H and O–H groups in total. The van der Waals surface area contributed by atoms with Crippen molar-refractivity contribution < 1.29 is 4.92 Å². The second-order valence-corrected chi connectivity index (χ2v) is 4.42. The molecule has 0 radical (unpaired) electrons. The first-order valence-electron chi connectivity index (χ1n) is 5.09. The second-order valence-electron chi connectivity index (χ2n) is 4.42. The fourth-order valence-electron chi connectivity index (χ4n) is 1.37. The minimum absolute atomic E-state index is 0.123. The number of nitrogens with zero attached hydrogens (tertiary/aromatic N) is 1. The summed E-state index contributed by atoms with van der Waals surface area (Å²) in [5, 5.41) is 14.0. The smallest absolute Gasteiger partial charge is 0.274 e. The summed E-state index contributed by atoms with van der Waals surface area (Å²) in [6.07, 6.45) is 0. The van der Waals surface area contributed by atoms with Gasteiger partial charge in [-0.3, -0.25) is 10.1 Å². The predicted molar refractivity (Wildman–Crippen MR) is 64.6 cm³/mol. The lowest BCUT2D eigenvalue weighted by Gasteiger charge is -2.26. The summed E-state index contributed by atoms with van der Waals surface area (Å²) in [5.41, 5.74) is 6.84. The van der Waals surface area contributed by atoms with Crippen LogP contribution in [0.2, 0.25) is 0 Å². The average molecular weight is 223 g/mol. The van der Waals surface area contributed by atoms with Crippen LogP contribution < -0.4 is 11.1 Å². The molecule has 16 heavy (non-hydrogen) atoms. The van der Waals surface area contributed by atoms with Crippen LogP contribution >= 0.6 is 0 Å². The number of nitro groups is 1. The molecule has 0 atom stereocenters. The molecule has 0 aliphatic carbocycles. The summed E-state index contributed by atoms with van der Waals surface area (Å²) >= 11 is 0.